The van der Waals surface area contributed by atoms with Crippen LogP contribution < -0.4 is 5.32 Å². The van der Waals surface area contributed by atoms with Gasteiger partial charge in [-0.1, -0.05) is 17.7 Å². The molecule has 1 aliphatic carbocycles. The van der Waals surface area contributed by atoms with E-state index in [0.29, 0.717) is 45.6 Å². The molecule has 1 N–H and O–H groups in total. The summed E-state index contributed by atoms with van der Waals surface area (Å²) in [5.41, 5.74) is 3.03. The van der Waals surface area contributed by atoms with Crippen LogP contribution >= 0.6 is 0 Å². The third-order valence-electron chi connectivity index (χ3n) is 5.73. The highest BCUT2D eigenvalue weighted by atomic mass is 16.7. The van der Waals surface area contributed by atoms with Gasteiger partial charge in [0.15, 0.2) is 5.79 Å². The van der Waals surface area contributed by atoms with E-state index in [9.17, 15) is 9.59 Å². The fraction of sp³-hybridized carbons (Fsp3) is 0.600. The van der Waals surface area contributed by atoms with Crippen molar-refractivity contribution in [2.75, 3.05) is 31.6 Å². The molecule has 4 rings (SSSR count). The summed E-state index contributed by atoms with van der Waals surface area (Å²) in [5, 5.41) is 2.98. The van der Waals surface area contributed by atoms with Gasteiger partial charge in [-0.2, -0.15) is 0 Å². The highest BCUT2D eigenvalue weighted by Gasteiger charge is 2.51. The first-order valence-corrected chi connectivity index (χ1v) is 9.42. The molecular formula is C20H26N2O4. The van der Waals surface area contributed by atoms with Gasteiger partial charge in [0, 0.05) is 31.6 Å². The van der Waals surface area contributed by atoms with Crippen molar-refractivity contribution in [3.8, 4) is 0 Å². The van der Waals surface area contributed by atoms with Crippen LogP contribution in [0.3, 0.4) is 0 Å². The molecule has 6 nitrogen and oxygen atoms in total. The lowest BCUT2D eigenvalue weighted by Gasteiger charge is -2.37. The van der Waals surface area contributed by atoms with Crippen molar-refractivity contribution in [1.29, 1.82) is 0 Å². The molecule has 2 unspecified atom stereocenters. The number of ether oxygens (including phenoxy) is 2. The number of benzene rings is 1. The molecule has 0 radical (unpaired) electrons. The summed E-state index contributed by atoms with van der Waals surface area (Å²) in [6.45, 7) is 6.56. The van der Waals surface area contributed by atoms with Gasteiger partial charge in [-0.3, -0.25) is 9.59 Å². The van der Waals surface area contributed by atoms with Crippen LogP contribution in [0.15, 0.2) is 18.2 Å². The highest BCUT2D eigenvalue weighted by Crippen LogP contribution is 2.42. The van der Waals surface area contributed by atoms with E-state index in [4.69, 9.17) is 9.47 Å². The van der Waals surface area contributed by atoms with Crippen LogP contribution in [0.1, 0.15) is 30.4 Å². The molecule has 6 heteroatoms. The van der Waals surface area contributed by atoms with Crippen LogP contribution in [0, 0.1) is 25.7 Å². The SMILES string of the molecule is Cc1ccc(NC(=O)C2CC2C(=O)N2CCC3(CC2)OCCO3)c(C)c1. The molecule has 26 heavy (non-hydrogen) atoms. The quantitative estimate of drug-likeness (QED) is 0.900. The molecule has 0 aromatic heterocycles. The van der Waals surface area contributed by atoms with Gasteiger partial charge < -0.3 is 19.7 Å². The van der Waals surface area contributed by atoms with E-state index in [1.807, 2.05) is 36.9 Å². The average molecular weight is 358 g/mol. The Morgan fingerprint density at radius 1 is 1.12 bits per heavy atom. The number of carbonyl (C=O) groups is 2. The van der Waals surface area contributed by atoms with E-state index in [2.05, 4.69) is 5.32 Å². The number of likely N-dealkylation sites (tertiary alicyclic amines) is 1. The molecule has 2 saturated heterocycles. The summed E-state index contributed by atoms with van der Waals surface area (Å²) < 4.78 is 11.4. The molecule has 3 fully saturated rings. The summed E-state index contributed by atoms with van der Waals surface area (Å²) in [6.07, 6.45) is 2.07. The van der Waals surface area contributed by atoms with E-state index >= 15 is 0 Å². The van der Waals surface area contributed by atoms with Gasteiger partial charge in [0.25, 0.3) is 0 Å². The first-order valence-electron chi connectivity index (χ1n) is 9.42. The minimum Gasteiger partial charge on any atom is -0.347 e. The number of hydrogen-bond acceptors (Lipinski definition) is 4. The second kappa shape index (κ2) is 6.67. The van der Waals surface area contributed by atoms with Gasteiger partial charge in [0.05, 0.1) is 25.0 Å². The van der Waals surface area contributed by atoms with Gasteiger partial charge in [-0.15, -0.1) is 0 Å². The Kier molecular flexibility index (Phi) is 4.49. The number of rotatable bonds is 3. The molecule has 1 aromatic rings. The molecule has 3 aliphatic rings. The van der Waals surface area contributed by atoms with E-state index in [1.54, 1.807) is 0 Å². The van der Waals surface area contributed by atoms with Gasteiger partial charge in [-0.05, 0) is 31.9 Å². The smallest absolute Gasteiger partial charge is 0.228 e. The summed E-state index contributed by atoms with van der Waals surface area (Å²) >= 11 is 0. The Morgan fingerprint density at radius 3 is 2.46 bits per heavy atom. The van der Waals surface area contributed by atoms with Crippen LogP contribution in [-0.2, 0) is 19.1 Å². The fourth-order valence-electron chi connectivity index (χ4n) is 4.02. The molecule has 0 bridgehead atoms. The van der Waals surface area contributed by atoms with E-state index in [-0.39, 0.29) is 23.7 Å². The third kappa shape index (κ3) is 3.35. The summed E-state index contributed by atoms with van der Waals surface area (Å²) in [7, 11) is 0. The molecule has 1 saturated carbocycles. The fourth-order valence-corrected chi connectivity index (χ4v) is 4.02. The van der Waals surface area contributed by atoms with Crippen LogP contribution in [0.25, 0.3) is 0 Å². The summed E-state index contributed by atoms with van der Waals surface area (Å²) in [5.74, 6) is -0.816. The maximum absolute atomic E-state index is 12.7. The molecule has 1 aromatic carbocycles. The maximum atomic E-state index is 12.7. The number of amides is 2. The second-order valence-corrected chi connectivity index (χ2v) is 7.69. The van der Waals surface area contributed by atoms with Crippen LogP contribution in [0.5, 0.6) is 0 Å². The molecule has 2 atom stereocenters. The number of nitrogens with zero attached hydrogens (tertiary/aromatic N) is 1. The monoisotopic (exact) mass is 358 g/mol. The lowest BCUT2D eigenvalue weighted by Crippen LogP contribution is -2.48. The number of hydrogen-bond donors (Lipinski definition) is 1. The zero-order valence-electron chi connectivity index (χ0n) is 15.4. The zero-order chi connectivity index (χ0) is 18.3. The predicted molar refractivity (Wildman–Crippen MR) is 96.6 cm³/mol. The van der Waals surface area contributed by atoms with Crippen LogP contribution in [0.4, 0.5) is 5.69 Å². The first-order chi connectivity index (χ1) is 12.5. The maximum Gasteiger partial charge on any atom is 0.228 e. The molecule has 2 aliphatic heterocycles. The Labute approximate surface area is 153 Å². The number of aryl methyl sites for hydroxylation is 2. The van der Waals surface area contributed by atoms with Crippen molar-refractivity contribution in [2.24, 2.45) is 11.8 Å². The summed E-state index contributed by atoms with van der Waals surface area (Å²) in [4.78, 5) is 27.1. The van der Waals surface area contributed by atoms with Crippen molar-refractivity contribution >= 4 is 17.5 Å². The van der Waals surface area contributed by atoms with Gasteiger partial charge in [-0.25, -0.2) is 0 Å². The third-order valence-corrected chi connectivity index (χ3v) is 5.73. The Morgan fingerprint density at radius 2 is 1.81 bits per heavy atom. The van der Waals surface area contributed by atoms with Crippen molar-refractivity contribution in [3.63, 3.8) is 0 Å². The highest BCUT2D eigenvalue weighted by molar-refractivity contribution is 5.99. The normalized spacial score (nSPS) is 26.8. The molecular weight excluding hydrogens is 332 g/mol. The number of anilines is 1. The topological polar surface area (TPSA) is 67.9 Å². The number of nitrogens with one attached hydrogen (secondary N) is 1. The molecule has 2 heterocycles. The standard InChI is InChI=1S/C20H26N2O4/c1-13-3-4-17(14(2)11-13)21-18(23)15-12-16(15)19(24)22-7-5-20(6-8-22)25-9-10-26-20/h3-4,11,15-16H,5-10,12H2,1-2H3,(H,21,23). The van der Waals surface area contributed by atoms with E-state index in [0.717, 1.165) is 16.8 Å². The van der Waals surface area contributed by atoms with Crippen molar-refractivity contribution in [1.82, 2.24) is 4.90 Å². The van der Waals surface area contributed by atoms with Gasteiger partial charge in [0.1, 0.15) is 0 Å². The molecule has 140 valence electrons. The number of carbonyl (C=O) groups excluding carboxylic acids is 2. The van der Waals surface area contributed by atoms with E-state index < -0.39 is 5.79 Å². The average Bonchev–Trinajstić information content (AvgIpc) is 3.31. The van der Waals surface area contributed by atoms with Crippen LogP contribution in [-0.4, -0.2) is 48.8 Å². The van der Waals surface area contributed by atoms with Crippen LogP contribution in [0.2, 0.25) is 0 Å². The lowest BCUT2D eigenvalue weighted by molar-refractivity contribution is -0.187. The lowest BCUT2D eigenvalue weighted by atomic mass is 10.0. The van der Waals surface area contributed by atoms with Crippen molar-refractivity contribution in [3.05, 3.63) is 29.3 Å². The summed E-state index contributed by atoms with van der Waals surface area (Å²) in [6, 6.07) is 5.95. The first kappa shape index (κ1) is 17.5. The number of piperidine rings is 1. The Bertz CT molecular complexity index is 717. The molecule has 2 amide bonds. The molecule has 1 spiro atoms. The largest absolute Gasteiger partial charge is 0.347 e. The van der Waals surface area contributed by atoms with Gasteiger partial charge in [0.2, 0.25) is 11.8 Å². The predicted octanol–water partition coefficient (Wildman–Crippen LogP) is 2.24. The second-order valence-electron chi connectivity index (χ2n) is 7.69. The Hall–Kier alpha value is -1.92. The van der Waals surface area contributed by atoms with E-state index in [1.165, 1.54) is 0 Å². The zero-order valence-corrected chi connectivity index (χ0v) is 15.4. The van der Waals surface area contributed by atoms with Gasteiger partial charge >= 0.3 is 0 Å². The van der Waals surface area contributed by atoms with Crippen molar-refractivity contribution in [2.45, 2.75) is 38.9 Å². The van der Waals surface area contributed by atoms with Crippen molar-refractivity contribution < 1.29 is 19.1 Å². The Balaban J connectivity index is 1.30. The minimum atomic E-state index is -0.472. The minimum absolute atomic E-state index is 0.0498.